The van der Waals surface area contributed by atoms with E-state index in [2.05, 4.69) is 41.6 Å². The molecule has 0 radical (unpaired) electrons. The summed E-state index contributed by atoms with van der Waals surface area (Å²) < 4.78 is 0. The fourth-order valence-electron chi connectivity index (χ4n) is 8.17. The highest BCUT2D eigenvalue weighted by Crippen LogP contribution is 2.28. The number of aliphatic hydroxyl groups excluding tert-OH is 1. The van der Waals surface area contributed by atoms with Crippen molar-refractivity contribution < 1.29 is 33.9 Å². The number of carbonyl (C=O) groups excluding carboxylic acids is 6. The van der Waals surface area contributed by atoms with Crippen molar-refractivity contribution in [2.24, 2.45) is 23.7 Å². The van der Waals surface area contributed by atoms with Gasteiger partial charge in [0.1, 0.15) is 5.78 Å². The lowest BCUT2D eigenvalue weighted by Crippen LogP contribution is -2.48. The zero-order valence-electron chi connectivity index (χ0n) is 36.5. The molecule has 3 amide bonds. The Morgan fingerprint density at radius 2 is 1.25 bits per heavy atom. The predicted octanol–water partition coefficient (Wildman–Crippen LogP) is 6.19. The Hall–Kier alpha value is -4.22. The second-order valence-corrected chi connectivity index (χ2v) is 16.9. The Labute approximate surface area is 353 Å². The van der Waals surface area contributed by atoms with E-state index in [0.29, 0.717) is 31.8 Å². The van der Waals surface area contributed by atoms with Crippen molar-refractivity contribution in [3.8, 4) is 0 Å². The van der Waals surface area contributed by atoms with Gasteiger partial charge < -0.3 is 26.0 Å². The van der Waals surface area contributed by atoms with Crippen LogP contribution in [0, 0.1) is 23.7 Å². The van der Waals surface area contributed by atoms with E-state index in [1.807, 2.05) is 60.7 Å². The molecule has 0 aromatic heterocycles. The van der Waals surface area contributed by atoms with Crippen LogP contribution >= 0.6 is 0 Å². The number of carbonyl (C=O) groups is 6. The predicted molar refractivity (Wildman–Crippen MR) is 232 cm³/mol. The molecule has 1 saturated carbocycles. The molecule has 1 aliphatic rings. The van der Waals surface area contributed by atoms with Gasteiger partial charge in [0.2, 0.25) is 17.7 Å². The van der Waals surface area contributed by atoms with E-state index in [0.717, 1.165) is 62.7 Å². The van der Waals surface area contributed by atoms with Crippen LogP contribution in [0.25, 0.3) is 0 Å². The van der Waals surface area contributed by atoms with Gasteiger partial charge >= 0.3 is 0 Å². The first-order valence-corrected chi connectivity index (χ1v) is 22.2. The molecule has 3 rings (SSSR count). The zero-order valence-corrected chi connectivity index (χ0v) is 36.5. The number of Topliss-reactive ketones (excluding diaryl/α,β-unsaturated/α-hetero) is 3. The third-order valence-electron chi connectivity index (χ3n) is 11.9. The Kier molecular flexibility index (Phi) is 21.7. The average Bonchev–Trinajstić information content (AvgIpc) is 3.22. The third kappa shape index (κ3) is 17.1. The number of hydrogen-bond donors (Lipinski definition) is 4. The molecule has 0 heterocycles. The van der Waals surface area contributed by atoms with Crippen LogP contribution in [0.1, 0.15) is 123 Å². The number of amides is 3. The number of nitrogens with zero attached hydrogens (tertiary/aromatic N) is 1. The van der Waals surface area contributed by atoms with E-state index in [9.17, 15) is 33.9 Å². The number of aliphatic hydroxyl groups is 1. The minimum atomic E-state index is -1.08. The first kappa shape index (κ1) is 49.1. The number of benzene rings is 2. The SMILES string of the molecule is CCNC(=O)C(CC(=O)[C@H](CCCCN(CC)C(C)C)NC(=O)[C@@H](CC(=O)[C@H](C)NC(=O)[C@@H](CC(=O)C1CCCCC1)Cc1ccccc1)Cc1ccccc1)[C@@H](C)O. The van der Waals surface area contributed by atoms with Gasteiger partial charge in [0.25, 0.3) is 0 Å². The highest BCUT2D eigenvalue weighted by Gasteiger charge is 2.34. The standard InChI is InChI=1S/C48H72N4O7/c1-7-49-48(59)41(35(6)53)32-45(56)42(26-18-19-27-52(8-2)33(3)4)51-47(58)39(28-36-20-12-9-13-21-36)30-43(54)34(5)50-46(57)40(29-37-22-14-10-15-23-37)31-44(55)38-24-16-11-17-25-38/h9-10,12-15,20-23,33-35,38-42,53H,7-8,11,16-19,24-32H2,1-6H3,(H,49,59)(H,50,57)(H,51,58)/t34-,35+,39+,40+,41?,42-/m0/s1. The van der Waals surface area contributed by atoms with Crippen LogP contribution < -0.4 is 16.0 Å². The summed E-state index contributed by atoms with van der Waals surface area (Å²) in [5, 5.41) is 19.0. The van der Waals surface area contributed by atoms with Crippen molar-refractivity contribution in [3.63, 3.8) is 0 Å². The van der Waals surface area contributed by atoms with Gasteiger partial charge in [0.05, 0.1) is 24.1 Å². The lowest BCUT2D eigenvalue weighted by molar-refractivity contribution is -0.136. The first-order valence-electron chi connectivity index (χ1n) is 22.2. The minimum absolute atomic E-state index is 0.0423. The summed E-state index contributed by atoms with van der Waals surface area (Å²) in [5.74, 6) is -4.39. The van der Waals surface area contributed by atoms with Crippen molar-refractivity contribution in [1.82, 2.24) is 20.9 Å². The summed E-state index contributed by atoms with van der Waals surface area (Å²) in [6.45, 7) is 13.3. The van der Waals surface area contributed by atoms with Crippen molar-refractivity contribution >= 4 is 35.1 Å². The number of rotatable bonds is 27. The molecule has 59 heavy (non-hydrogen) atoms. The molecule has 0 bridgehead atoms. The highest BCUT2D eigenvalue weighted by molar-refractivity contribution is 5.96. The molecule has 1 aliphatic carbocycles. The molecule has 326 valence electrons. The van der Waals surface area contributed by atoms with Crippen LogP contribution in [0.3, 0.4) is 0 Å². The molecule has 2 aromatic rings. The molecule has 0 saturated heterocycles. The fourth-order valence-corrected chi connectivity index (χ4v) is 8.17. The summed E-state index contributed by atoms with van der Waals surface area (Å²) in [6.07, 6.45) is 5.77. The fraction of sp³-hybridized carbons (Fsp3) is 0.625. The number of nitrogens with one attached hydrogen (secondary N) is 3. The van der Waals surface area contributed by atoms with Crippen LogP contribution in [0.2, 0.25) is 0 Å². The van der Waals surface area contributed by atoms with Crippen molar-refractivity contribution in [2.45, 2.75) is 149 Å². The Morgan fingerprint density at radius 3 is 1.78 bits per heavy atom. The maximum atomic E-state index is 14.3. The average molecular weight is 817 g/mol. The summed E-state index contributed by atoms with van der Waals surface area (Å²) in [5.41, 5.74) is 1.77. The molecule has 11 nitrogen and oxygen atoms in total. The number of unbranched alkanes of at least 4 members (excludes halogenated alkanes) is 1. The van der Waals surface area contributed by atoms with Gasteiger partial charge in [-0.15, -0.1) is 0 Å². The summed E-state index contributed by atoms with van der Waals surface area (Å²) in [4.78, 5) is 84.6. The van der Waals surface area contributed by atoms with Crippen LogP contribution in [0.5, 0.6) is 0 Å². The topological polar surface area (TPSA) is 162 Å². The van der Waals surface area contributed by atoms with E-state index < -0.39 is 47.8 Å². The molecular formula is C48H72N4O7. The van der Waals surface area contributed by atoms with Crippen molar-refractivity contribution in [2.75, 3.05) is 19.6 Å². The van der Waals surface area contributed by atoms with E-state index in [-0.39, 0.29) is 54.9 Å². The quantitative estimate of drug-likeness (QED) is 0.0778. The number of ketones is 3. The lowest BCUT2D eigenvalue weighted by atomic mass is 9.81. The Morgan fingerprint density at radius 1 is 0.695 bits per heavy atom. The van der Waals surface area contributed by atoms with E-state index in [4.69, 9.17) is 0 Å². The second kappa shape index (κ2) is 26.1. The molecule has 1 unspecified atom stereocenters. The van der Waals surface area contributed by atoms with Crippen LogP contribution in [-0.4, -0.2) is 88.9 Å². The maximum Gasteiger partial charge on any atom is 0.226 e. The first-order chi connectivity index (χ1) is 28.2. The smallest absolute Gasteiger partial charge is 0.226 e. The van der Waals surface area contributed by atoms with E-state index in [1.165, 1.54) is 6.92 Å². The van der Waals surface area contributed by atoms with Crippen LogP contribution in [-0.2, 0) is 41.6 Å². The molecule has 0 aliphatic heterocycles. The van der Waals surface area contributed by atoms with Crippen molar-refractivity contribution in [3.05, 3.63) is 71.8 Å². The monoisotopic (exact) mass is 817 g/mol. The van der Waals surface area contributed by atoms with Gasteiger partial charge in [-0.05, 0) is 104 Å². The maximum absolute atomic E-state index is 14.3. The third-order valence-corrected chi connectivity index (χ3v) is 11.9. The van der Waals surface area contributed by atoms with Crippen LogP contribution in [0.15, 0.2) is 60.7 Å². The Bertz CT molecular complexity index is 1610. The summed E-state index contributed by atoms with van der Waals surface area (Å²) in [7, 11) is 0. The number of hydrogen-bond acceptors (Lipinski definition) is 8. The van der Waals surface area contributed by atoms with Crippen LogP contribution in [0.4, 0.5) is 0 Å². The van der Waals surface area contributed by atoms with Gasteiger partial charge in [0.15, 0.2) is 11.6 Å². The summed E-state index contributed by atoms with van der Waals surface area (Å²) in [6, 6.07) is 17.4. The molecule has 6 atom stereocenters. The highest BCUT2D eigenvalue weighted by atomic mass is 16.3. The molecule has 0 spiro atoms. The Balaban J connectivity index is 1.81. The van der Waals surface area contributed by atoms with Gasteiger partial charge in [-0.2, -0.15) is 0 Å². The summed E-state index contributed by atoms with van der Waals surface area (Å²) >= 11 is 0. The van der Waals surface area contributed by atoms with Gasteiger partial charge in [-0.25, -0.2) is 0 Å². The van der Waals surface area contributed by atoms with Gasteiger partial charge in [-0.3, -0.25) is 28.8 Å². The second-order valence-electron chi connectivity index (χ2n) is 16.9. The molecular weight excluding hydrogens is 745 g/mol. The lowest BCUT2D eigenvalue weighted by Gasteiger charge is -2.27. The molecule has 4 N–H and O–H groups in total. The largest absolute Gasteiger partial charge is 0.393 e. The molecule has 2 aromatic carbocycles. The normalized spacial score (nSPS) is 16.4. The van der Waals surface area contributed by atoms with E-state index >= 15 is 0 Å². The molecule has 1 fully saturated rings. The van der Waals surface area contributed by atoms with Gasteiger partial charge in [-0.1, -0.05) is 86.8 Å². The zero-order chi connectivity index (χ0) is 43.3. The molecule has 11 heteroatoms. The minimum Gasteiger partial charge on any atom is -0.393 e. The van der Waals surface area contributed by atoms with Gasteiger partial charge in [0, 0.05) is 49.6 Å². The van der Waals surface area contributed by atoms with E-state index in [1.54, 1.807) is 13.8 Å². The van der Waals surface area contributed by atoms with Crippen molar-refractivity contribution in [1.29, 1.82) is 0 Å².